The van der Waals surface area contributed by atoms with Crippen LogP contribution in [0.4, 0.5) is 10.1 Å². The molecule has 0 spiro atoms. The second-order valence-corrected chi connectivity index (χ2v) is 4.18. The predicted molar refractivity (Wildman–Crippen MR) is 69.2 cm³/mol. The average Bonchev–Trinajstić information content (AvgIpc) is 2.28. The minimum Gasteiger partial charge on any atom is -0.483 e. The molecule has 4 nitrogen and oxygen atoms in total. The van der Waals surface area contributed by atoms with Gasteiger partial charge in [-0.25, -0.2) is 4.39 Å². The van der Waals surface area contributed by atoms with Crippen molar-refractivity contribution in [1.29, 1.82) is 0 Å². The summed E-state index contributed by atoms with van der Waals surface area (Å²) < 4.78 is 18.4. The van der Waals surface area contributed by atoms with Gasteiger partial charge in [0.1, 0.15) is 12.4 Å². The van der Waals surface area contributed by atoms with Crippen molar-refractivity contribution in [2.24, 2.45) is 0 Å². The second kappa shape index (κ2) is 6.61. The highest BCUT2D eigenvalue weighted by Crippen LogP contribution is 2.32. The van der Waals surface area contributed by atoms with E-state index in [2.05, 4.69) is 28.6 Å². The summed E-state index contributed by atoms with van der Waals surface area (Å²) in [5.41, 5.74) is -0.280. The Kier molecular flexibility index (Phi) is 5.43. The molecule has 0 unspecified atom stereocenters. The Labute approximate surface area is 111 Å². The lowest BCUT2D eigenvalue weighted by molar-refractivity contribution is -0.385. The van der Waals surface area contributed by atoms with Crippen molar-refractivity contribution in [1.82, 2.24) is 0 Å². The lowest BCUT2D eigenvalue weighted by Gasteiger charge is -2.05. The Morgan fingerprint density at radius 3 is 2.82 bits per heavy atom. The lowest BCUT2D eigenvalue weighted by atomic mass is 10.3. The molecular weight excluding hydrogens is 313 g/mol. The van der Waals surface area contributed by atoms with Crippen LogP contribution in [0.15, 0.2) is 28.8 Å². The first-order chi connectivity index (χ1) is 8.06. The van der Waals surface area contributed by atoms with Gasteiger partial charge in [-0.15, -0.1) is 0 Å². The molecule has 0 aliphatic rings. The standard InChI is InChI=1S/C10H9BrFNO3S/c11-7-5-9(13(14)15)10(6-8(7)12)16-3-1-2-4-17/h1-2,5-6,17H,3-4H2/b2-1+. The van der Waals surface area contributed by atoms with Gasteiger partial charge in [-0.2, -0.15) is 12.6 Å². The third kappa shape index (κ3) is 4.01. The molecule has 92 valence electrons. The fraction of sp³-hybridized carbons (Fsp3) is 0.200. The van der Waals surface area contributed by atoms with Crippen LogP contribution >= 0.6 is 28.6 Å². The molecule has 1 rings (SSSR count). The highest BCUT2D eigenvalue weighted by atomic mass is 79.9. The quantitative estimate of drug-likeness (QED) is 0.391. The summed E-state index contributed by atoms with van der Waals surface area (Å²) in [5.74, 6) is -0.163. The number of rotatable bonds is 5. The summed E-state index contributed by atoms with van der Waals surface area (Å²) in [6.45, 7) is 0.127. The maximum Gasteiger partial charge on any atom is 0.312 e. The summed E-state index contributed by atoms with van der Waals surface area (Å²) in [6, 6.07) is 2.06. The summed E-state index contributed by atoms with van der Waals surface area (Å²) in [5, 5.41) is 10.7. The van der Waals surface area contributed by atoms with E-state index in [1.54, 1.807) is 12.2 Å². The molecular formula is C10H9BrFNO3S. The van der Waals surface area contributed by atoms with Gasteiger partial charge in [0.25, 0.3) is 0 Å². The van der Waals surface area contributed by atoms with Gasteiger partial charge in [0.2, 0.25) is 0 Å². The zero-order valence-corrected chi connectivity index (χ0v) is 11.1. The third-order valence-corrected chi connectivity index (χ3v) is 2.62. The fourth-order valence-electron chi connectivity index (χ4n) is 1.06. The first-order valence-corrected chi connectivity index (χ1v) is 6.01. The van der Waals surface area contributed by atoms with Crippen LogP contribution in [0.5, 0.6) is 5.75 Å². The second-order valence-electron chi connectivity index (χ2n) is 2.96. The highest BCUT2D eigenvalue weighted by molar-refractivity contribution is 9.10. The van der Waals surface area contributed by atoms with E-state index in [1.807, 2.05) is 0 Å². The van der Waals surface area contributed by atoms with Crippen molar-refractivity contribution < 1.29 is 14.1 Å². The van der Waals surface area contributed by atoms with Crippen molar-refractivity contribution in [2.75, 3.05) is 12.4 Å². The van der Waals surface area contributed by atoms with E-state index >= 15 is 0 Å². The molecule has 1 aromatic rings. The van der Waals surface area contributed by atoms with E-state index in [-0.39, 0.29) is 22.5 Å². The molecule has 0 amide bonds. The normalized spacial score (nSPS) is 10.8. The Bertz CT molecular complexity index is 453. The zero-order chi connectivity index (χ0) is 12.8. The monoisotopic (exact) mass is 321 g/mol. The van der Waals surface area contributed by atoms with Crippen LogP contribution in [0, 0.1) is 15.9 Å². The van der Waals surface area contributed by atoms with Gasteiger partial charge >= 0.3 is 5.69 Å². The molecule has 17 heavy (non-hydrogen) atoms. The minimum absolute atomic E-state index is 0.0300. The maximum atomic E-state index is 13.2. The number of hydrogen-bond acceptors (Lipinski definition) is 4. The lowest BCUT2D eigenvalue weighted by Crippen LogP contribution is -1.99. The van der Waals surface area contributed by atoms with E-state index in [0.29, 0.717) is 5.75 Å². The predicted octanol–water partition coefficient (Wildman–Crippen LogP) is 3.36. The SMILES string of the molecule is O=[N+]([O-])c1cc(Br)c(F)cc1OC/C=C/CS. The Morgan fingerprint density at radius 2 is 2.24 bits per heavy atom. The zero-order valence-electron chi connectivity index (χ0n) is 8.60. The Balaban J connectivity index is 2.92. The van der Waals surface area contributed by atoms with E-state index in [4.69, 9.17) is 4.74 Å². The smallest absolute Gasteiger partial charge is 0.312 e. The van der Waals surface area contributed by atoms with Crippen molar-refractivity contribution in [3.05, 3.63) is 44.7 Å². The molecule has 7 heteroatoms. The number of benzene rings is 1. The van der Waals surface area contributed by atoms with Gasteiger partial charge in [0.15, 0.2) is 5.75 Å². The van der Waals surface area contributed by atoms with Crippen LogP contribution in [0.2, 0.25) is 0 Å². The third-order valence-electron chi connectivity index (χ3n) is 1.81. The van der Waals surface area contributed by atoms with E-state index in [1.165, 1.54) is 0 Å². The number of nitro benzene ring substituents is 1. The average molecular weight is 322 g/mol. The van der Waals surface area contributed by atoms with Crippen molar-refractivity contribution in [2.45, 2.75) is 0 Å². The molecule has 0 fully saturated rings. The fourth-order valence-corrected chi connectivity index (χ4v) is 1.54. The van der Waals surface area contributed by atoms with Gasteiger partial charge in [0.05, 0.1) is 9.40 Å². The molecule has 0 aliphatic heterocycles. The molecule has 0 radical (unpaired) electrons. The van der Waals surface area contributed by atoms with Gasteiger partial charge < -0.3 is 4.74 Å². The molecule has 0 heterocycles. The van der Waals surface area contributed by atoms with Crippen molar-refractivity contribution >= 4 is 34.2 Å². The topological polar surface area (TPSA) is 52.4 Å². The molecule has 0 saturated carbocycles. The van der Waals surface area contributed by atoms with E-state index in [9.17, 15) is 14.5 Å². The molecule has 1 aromatic carbocycles. The van der Waals surface area contributed by atoms with Gasteiger partial charge in [-0.05, 0) is 15.9 Å². The molecule has 0 aromatic heterocycles. The number of nitro groups is 1. The van der Waals surface area contributed by atoms with E-state index in [0.717, 1.165) is 12.1 Å². The maximum absolute atomic E-state index is 13.2. The first-order valence-electron chi connectivity index (χ1n) is 4.58. The van der Waals surface area contributed by atoms with Crippen LogP contribution in [0.1, 0.15) is 0 Å². The van der Waals surface area contributed by atoms with Gasteiger partial charge in [0, 0.05) is 17.9 Å². The number of halogens is 2. The summed E-state index contributed by atoms with van der Waals surface area (Å²) in [7, 11) is 0. The van der Waals surface area contributed by atoms with Crippen LogP contribution in [-0.4, -0.2) is 17.3 Å². The first kappa shape index (κ1) is 14.0. The van der Waals surface area contributed by atoms with E-state index < -0.39 is 10.7 Å². The number of ether oxygens (including phenoxy) is 1. The molecule has 0 aliphatic carbocycles. The van der Waals surface area contributed by atoms with Crippen molar-refractivity contribution in [3.63, 3.8) is 0 Å². The van der Waals surface area contributed by atoms with Crippen LogP contribution in [0.3, 0.4) is 0 Å². The van der Waals surface area contributed by atoms with Crippen LogP contribution in [-0.2, 0) is 0 Å². The minimum atomic E-state index is -0.623. The summed E-state index contributed by atoms with van der Waals surface area (Å²) in [4.78, 5) is 10.1. The molecule has 0 saturated heterocycles. The molecule has 0 atom stereocenters. The van der Waals surface area contributed by atoms with Gasteiger partial charge in [-0.3, -0.25) is 10.1 Å². The Hall–Kier alpha value is -1.08. The number of hydrogen-bond donors (Lipinski definition) is 1. The van der Waals surface area contributed by atoms with Gasteiger partial charge in [-0.1, -0.05) is 12.2 Å². The molecule has 0 bridgehead atoms. The van der Waals surface area contributed by atoms with Crippen LogP contribution < -0.4 is 4.74 Å². The molecule has 0 N–H and O–H groups in total. The largest absolute Gasteiger partial charge is 0.483 e. The van der Waals surface area contributed by atoms with Crippen LogP contribution in [0.25, 0.3) is 0 Å². The summed E-state index contributed by atoms with van der Waals surface area (Å²) >= 11 is 6.83. The number of thiol groups is 1. The number of nitrogens with zero attached hydrogens (tertiary/aromatic N) is 1. The van der Waals surface area contributed by atoms with Crippen molar-refractivity contribution in [3.8, 4) is 5.75 Å². The highest BCUT2D eigenvalue weighted by Gasteiger charge is 2.18. The Morgan fingerprint density at radius 1 is 1.53 bits per heavy atom. The summed E-state index contributed by atoms with van der Waals surface area (Å²) in [6.07, 6.45) is 3.38.